The SMILES string of the molecule is Cc1cccc(NC(=O)CCN(c2c(C)cc(C)cc2C)S(C)(=O)=O)c1. The van der Waals surface area contributed by atoms with E-state index in [-0.39, 0.29) is 18.9 Å². The summed E-state index contributed by atoms with van der Waals surface area (Å²) in [5, 5.41) is 2.82. The molecule has 1 N–H and O–H groups in total. The first-order valence-electron chi connectivity index (χ1n) is 8.50. The van der Waals surface area contributed by atoms with E-state index in [0.717, 1.165) is 22.3 Å². The Bertz CT molecular complexity index is 897. The van der Waals surface area contributed by atoms with Crippen LogP contribution in [0.15, 0.2) is 36.4 Å². The number of rotatable bonds is 6. The lowest BCUT2D eigenvalue weighted by Crippen LogP contribution is -2.34. The fourth-order valence-corrected chi connectivity index (χ4v) is 4.20. The molecule has 0 saturated carbocycles. The molecule has 26 heavy (non-hydrogen) atoms. The van der Waals surface area contributed by atoms with Crippen molar-refractivity contribution in [3.05, 3.63) is 58.7 Å². The molecule has 0 fully saturated rings. The van der Waals surface area contributed by atoms with Crippen LogP contribution < -0.4 is 9.62 Å². The molecule has 2 aromatic rings. The molecule has 140 valence electrons. The lowest BCUT2D eigenvalue weighted by Gasteiger charge is -2.26. The molecule has 0 aliphatic carbocycles. The van der Waals surface area contributed by atoms with Crippen LogP contribution in [0.1, 0.15) is 28.7 Å². The van der Waals surface area contributed by atoms with E-state index in [1.165, 1.54) is 10.6 Å². The highest BCUT2D eigenvalue weighted by molar-refractivity contribution is 7.92. The summed E-state index contributed by atoms with van der Waals surface area (Å²) in [6, 6.07) is 11.4. The number of carbonyl (C=O) groups is 1. The summed E-state index contributed by atoms with van der Waals surface area (Å²) in [5.41, 5.74) is 5.25. The molecule has 0 saturated heterocycles. The van der Waals surface area contributed by atoms with Crippen molar-refractivity contribution in [1.82, 2.24) is 0 Å². The van der Waals surface area contributed by atoms with Crippen LogP contribution in [0.3, 0.4) is 0 Å². The smallest absolute Gasteiger partial charge is 0.232 e. The lowest BCUT2D eigenvalue weighted by atomic mass is 10.1. The quantitative estimate of drug-likeness (QED) is 0.838. The van der Waals surface area contributed by atoms with Gasteiger partial charge in [-0.2, -0.15) is 0 Å². The van der Waals surface area contributed by atoms with Gasteiger partial charge in [0.1, 0.15) is 0 Å². The summed E-state index contributed by atoms with van der Waals surface area (Å²) in [7, 11) is -3.50. The molecule has 2 aromatic carbocycles. The molecular weight excluding hydrogens is 348 g/mol. The predicted octanol–water partition coefficient (Wildman–Crippen LogP) is 3.72. The zero-order valence-corrected chi connectivity index (χ0v) is 16.8. The summed E-state index contributed by atoms with van der Waals surface area (Å²) in [6.07, 6.45) is 1.25. The molecular formula is C20H26N2O3S. The van der Waals surface area contributed by atoms with Gasteiger partial charge >= 0.3 is 0 Å². The Hall–Kier alpha value is -2.34. The lowest BCUT2D eigenvalue weighted by molar-refractivity contribution is -0.116. The van der Waals surface area contributed by atoms with Crippen molar-refractivity contribution >= 4 is 27.3 Å². The van der Waals surface area contributed by atoms with Crippen molar-refractivity contribution in [3.8, 4) is 0 Å². The van der Waals surface area contributed by atoms with Gasteiger partial charge in [0.2, 0.25) is 15.9 Å². The van der Waals surface area contributed by atoms with Crippen LogP contribution >= 0.6 is 0 Å². The van der Waals surface area contributed by atoms with Gasteiger partial charge in [-0.25, -0.2) is 8.42 Å². The van der Waals surface area contributed by atoms with E-state index in [4.69, 9.17) is 0 Å². The highest BCUT2D eigenvalue weighted by Gasteiger charge is 2.22. The number of sulfonamides is 1. The number of aryl methyl sites for hydroxylation is 4. The number of nitrogens with zero attached hydrogens (tertiary/aromatic N) is 1. The van der Waals surface area contributed by atoms with Crippen molar-refractivity contribution in [2.24, 2.45) is 0 Å². The van der Waals surface area contributed by atoms with Gasteiger partial charge in [0.05, 0.1) is 11.9 Å². The molecule has 5 nitrogen and oxygen atoms in total. The monoisotopic (exact) mass is 374 g/mol. The Morgan fingerprint density at radius 3 is 2.15 bits per heavy atom. The van der Waals surface area contributed by atoms with Gasteiger partial charge in [-0.3, -0.25) is 9.10 Å². The number of hydrogen-bond donors (Lipinski definition) is 1. The largest absolute Gasteiger partial charge is 0.326 e. The van der Waals surface area contributed by atoms with Crippen molar-refractivity contribution in [2.45, 2.75) is 34.1 Å². The van der Waals surface area contributed by atoms with Crippen LogP contribution in [0.25, 0.3) is 0 Å². The molecule has 0 bridgehead atoms. The molecule has 1 amide bonds. The third kappa shape index (κ3) is 5.08. The summed E-state index contributed by atoms with van der Waals surface area (Å²) >= 11 is 0. The van der Waals surface area contributed by atoms with Crippen LogP contribution in [-0.4, -0.2) is 27.1 Å². The van der Waals surface area contributed by atoms with Gasteiger partial charge in [0.25, 0.3) is 0 Å². The first-order valence-corrected chi connectivity index (χ1v) is 10.3. The second-order valence-electron chi connectivity index (χ2n) is 6.75. The highest BCUT2D eigenvalue weighted by atomic mass is 32.2. The number of anilines is 2. The molecule has 0 atom stereocenters. The van der Waals surface area contributed by atoms with Crippen LogP contribution in [0.5, 0.6) is 0 Å². The maximum Gasteiger partial charge on any atom is 0.232 e. The van der Waals surface area contributed by atoms with E-state index in [0.29, 0.717) is 11.4 Å². The Kier molecular flexibility index (Phi) is 6.08. The van der Waals surface area contributed by atoms with Crippen LogP contribution in [-0.2, 0) is 14.8 Å². The Balaban J connectivity index is 2.19. The van der Waals surface area contributed by atoms with E-state index in [9.17, 15) is 13.2 Å². The van der Waals surface area contributed by atoms with Gasteiger partial charge < -0.3 is 5.32 Å². The van der Waals surface area contributed by atoms with Crippen molar-refractivity contribution < 1.29 is 13.2 Å². The fraction of sp³-hybridized carbons (Fsp3) is 0.350. The second-order valence-corrected chi connectivity index (χ2v) is 8.66. The van der Waals surface area contributed by atoms with Gasteiger partial charge in [-0.05, 0) is 56.5 Å². The highest BCUT2D eigenvalue weighted by Crippen LogP contribution is 2.28. The average molecular weight is 375 g/mol. The van der Waals surface area contributed by atoms with E-state index < -0.39 is 10.0 Å². The van der Waals surface area contributed by atoms with Crippen molar-refractivity contribution in [1.29, 1.82) is 0 Å². The maximum absolute atomic E-state index is 12.3. The number of benzene rings is 2. The van der Waals surface area contributed by atoms with Gasteiger partial charge in [0.15, 0.2) is 0 Å². The van der Waals surface area contributed by atoms with Crippen LogP contribution in [0.2, 0.25) is 0 Å². The van der Waals surface area contributed by atoms with Gasteiger partial charge in [-0.15, -0.1) is 0 Å². The minimum atomic E-state index is -3.50. The maximum atomic E-state index is 12.3. The Labute approximate surface area is 156 Å². The molecule has 0 aromatic heterocycles. The summed E-state index contributed by atoms with van der Waals surface area (Å²) in [4.78, 5) is 12.3. The van der Waals surface area contributed by atoms with E-state index in [1.807, 2.05) is 64.1 Å². The number of hydrogen-bond acceptors (Lipinski definition) is 3. The molecule has 0 spiro atoms. The third-order valence-electron chi connectivity index (χ3n) is 4.13. The predicted molar refractivity (Wildman–Crippen MR) is 107 cm³/mol. The minimum Gasteiger partial charge on any atom is -0.326 e. The zero-order valence-electron chi connectivity index (χ0n) is 16.0. The fourth-order valence-electron chi connectivity index (χ4n) is 3.16. The van der Waals surface area contributed by atoms with E-state index >= 15 is 0 Å². The molecule has 0 radical (unpaired) electrons. The third-order valence-corrected chi connectivity index (χ3v) is 5.29. The zero-order chi connectivity index (χ0) is 19.5. The minimum absolute atomic E-state index is 0.0772. The molecule has 0 aliphatic rings. The molecule has 0 aliphatic heterocycles. The van der Waals surface area contributed by atoms with Gasteiger partial charge in [-0.1, -0.05) is 29.8 Å². The van der Waals surface area contributed by atoms with Crippen LogP contribution in [0.4, 0.5) is 11.4 Å². The van der Waals surface area contributed by atoms with E-state index in [2.05, 4.69) is 5.32 Å². The Morgan fingerprint density at radius 1 is 1.00 bits per heavy atom. The van der Waals surface area contributed by atoms with Crippen molar-refractivity contribution in [3.63, 3.8) is 0 Å². The molecule has 6 heteroatoms. The normalized spacial score (nSPS) is 11.3. The molecule has 2 rings (SSSR count). The summed E-state index contributed by atoms with van der Waals surface area (Å²) in [5.74, 6) is -0.216. The standard InChI is InChI=1S/C20H26N2O3S/c1-14-7-6-8-18(13-14)21-19(23)9-10-22(26(5,24)25)20-16(3)11-15(2)12-17(20)4/h6-8,11-13H,9-10H2,1-5H3,(H,21,23). The summed E-state index contributed by atoms with van der Waals surface area (Å²) < 4.78 is 26.0. The number of carbonyl (C=O) groups excluding carboxylic acids is 1. The van der Waals surface area contributed by atoms with Crippen LogP contribution in [0, 0.1) is 27.7 Å². The topological polar surface area (TPSA) is 66.5 Å². The average Bonchev–Trinajstić information content (AvgIpc) is 2.48. The molecule has 0 unspecified atom stereocenters. The van der Waals surface area contributed by atoms with E-state index in [1.54, 1.807) is 0 Å². The van der Waals surface area contributed by atoms with Gasteiger partial charge in [0, 0.05) is 18.7 Å². The first kappa shape index (κ1) is 20.0. The number of nitrogens with one attached hydrogen (secondary N) is 1. The first-order chi connectivity index (χ1) is 12.1. The number of amides is 1. The Morgan fingerprint density at radius 2 is 1.62 bits per heavy atom. The molecule has 0 heterocycles. The summed E-state index contributed by atoms with van der Waals surface area (Å²) in [6.45, 7) is 7.80. The van der Waals surface area contributed by atoms with Crippen molar-refractivity contribution in [2.75, 3.05) is 22.4 Å². The second kappa shape index (κ2) is 7.91.